The Bertz CT molecular complexity index is 701. The summed E-state index contributed by atoms with van der Waals surface area (Å²) in [5.41, 5.74) is 6.20. The van der Waals surface area contributed by atoms with Gasteiger partial charge in [-0.2, -0.15) is 0 Å². The van der Waals surface area contributed by atoms with Crippen LogP contribution in [0.15, 0.2) is 30.3 Å². The van der Waals surface area contributed by atoms with Gasteiger partial charge in [-0.3, -0.25) is 30.1 Å². The number of hydrogen-bond acceptors (Lipinski definition) is 4. The molecule has 0 spiro atoms. The van der Waals surface area contributed by atoms with Crippen molar-refractivity contribution in [3.63, 3.8) is 0 Å². The van der Waals surface area contributed by atoms with E-state index in [9.17, 15) is 14.4 Å². The lowest BCUT2D eigenvalue weighted by atomic mass is 9.81. The highest BCUT2D eigenvalue weighted by atomic mass is 32.1. The Kier molecular flexibility index (Phi) is 6.39. The quantitative estimate of drug-likeness (QED) is 0.400. The van der Waals surface area contributed by atoms with Gasteiger partial charge in [-0.1, -0.05) is 43.2 Å². The van der Waals surface area contributed by atoms with Crippen LogP contribution in [0.4, 0.5) is 0 Å². The summed E-state index contributed by atoms with van der Waals surface area (Å²) in [5.74, 6) is -0.922. The maximum absolute atomic E-state index is 12.4. The maximum Gasteiger partial charge on any atom is 0.240 e. The molecule has 1 saturated heterocycles. The normalized spacial score (nSPS) is 21.6. The number of carbonyl (C=O) groups excluding carboxylic acids is 3. The van der Waals surface area contributed by atoms with Gasteiger partial charge < -0.3 is 5.32 Å². The molecule has 27 heavy (non-hydrogen) atoms. The van der Waals surface area contributed by atoms with Crippen molar-refractivity contribution in [2.75, 3.05) is 6.54 Å². The van der Waals surface area contributed by atoms with E-state index in [0.29, 0.717) is 11.7 Å². The summed E-state index contributed by atoms with van der Waals surface area (Å²) in [6.07, 6.45) is 3.59. The van der Waals surface area contributed by atoms with Crippen LogP contribution in [0.1, 0.15) is 37.7 Å². The van der Waals surface area contributed by atoms with Crippen LogP contribution in [0.2, 0.25) is 0 Å². The van der Waals surface area contributed by atoms with Crippen molar-refractivity contribution in [2.24, 2.45) is 11.8 Å². The molecule has 1 aromatic rings. The number of likely N-dealkylation sites (tertiary alicyclic amines) is 1. The molecule has 1 heterocycles. The topological polar surface area (TPSA) is 90.5 Å². The molecule has 0 bridgehead atoms. The molecule has 2 atom stereocenters. The van der Waals surface area contributed by atoms with Gasteiger partial charge in [0.2, 0.25) is 17.7 Å². The Hall–Kier alpha value is -2.48. The minimum absolute atomic E-state index is 0.0468. The van der Waals surface area contributed by atoms with E-state index in [-0.39, 0.29) is 42.5 Å². The van der Waals surface area contributed by atoms with E-state index >= 15 is 0 Å². The fraction of sp³-hybridized carbons (Fsp3) is 0.474. The van der Waals surface area contributed by atoms with Gasteiger partial charge in [0.25, 0.3) is 0 Å². The smallest absolute Gasteiger partial charge is 0.240 e. The molecule has 2 fully saturated rings. The molecule has 1 aliphatic heterocycles. The lowest BCUT2D eigenvalue weighted by Crippen LogP contribution is -2.47. The first kappa shape index (κ1) is 19.3. The van der Waals surface area contributed by atoms with Gasteiger partial charge in [0.1, 0.15) is 0 Å². The molecular weight excluding hydrogens is 364 g/mol. The van der Waals surface area contributed by atoms with Crippen molar-refractivity contribution in [2.45, 2.75) is 38.6 Å². The zero-order chi connectivity index (χ0) is 19.2. The van der Waals surface area contributed by atoms with Gasteiger partial charge in [0, 0.05) is 19.5 Å². The van der Waals surface area contributed by atoms with Gasteiger partial charge in [-0.25, -0.2) is 0 Å². The number of imide groups is 1. The van der Waals surface area contributed by atoms with Crippen LogP contribution >= 0.6 is 12.2 Å². The third-order valence-electron chi connectivity index (χ3n) is 5.11. The number of thiocarbonyl (C=S) groups is 1. The van der Waals surface area contributed by atoms with E-state index in [4.69, 9.17) is 12.2 Å². The van der Waals surface area contributed by atoms with Gasteiger partial charge in [0.05, 0.1) is 11.8 Å². The lowest BCUT2D eigenvalue weighted by Gasteiger charge is -2.19. The van der Waals surface area contributed by atoms with E-state index < -0.39 is 0 Å². The number of benzene rings is 1. The fourth-order valence-corrected chi connectivity index (χ4v) is 3.80. The lowest BCUT2D eigenvalue weighted by molar-refractivity contribution is -0.140. The fourth-order valence-electron chi connectivity index (χ4n) is 3.68. The number of hydrazine groups is 1. The Labute approximate surface area is 163 Å². The molecule has 0 unspecified atom stereocenters. The average molecular weight is 388 g/mol. The van der Waals surface area contributed by atoms with Crippen LogP contribution in [0.3, 0.4) is 0 Å². The van der Waals surface area contributed by atoms with Crippen molar-refractivity contribution < 1.29 is 14.4 Å². The third-order valence-corrected chi connectivity index (χ3v) is 5.35. The van der Waals surface area contributed by atoms with Crippen molar-refractivity contribution >= 4 is 35.1 Å². The summed E-state index contributed by atoms with van der Waals surface area (Å²) in [6.45, 7) is 0.657. The number of nitrogens with zero attached hydrogens (tertiary/aromatic N) is 1. The summed E-state index contributed by atoms with van der Waals surface area (Å²) in [7, 11) is 0. The number of carbonyl (C=O) groups is 3. The van der Waals surface area contributed by atoms with Crippen LogP contribution in [-0.2, 0) is 20.9 Å². The highest BCUT2D eigenvalue weighted by molar-refractivity contribution is 7.80. The van der Waals surface area contributed by atoms with E-state index in [1.807, 2.05) is 30.3 Å². The summed E-state index contributed by atoms with van der Waals surface area (Å²) in [5, 5.41) is 3.28. The zero-order valence-electron chi connectivity index (χ0n) is 15.1. The molecule has 0 radical (unpaired) electrons. The number of hydrogen-bond donors (Lipinski definition) is 3. The third kappa shape index (κ3) is 4.82. The largest absolute Gasteiger partial charge is 0.357 e. The maximum atomic E-state index is 12.4. The zero-order valence-corrected chi connectivity index (χ0v) is 15.9. The second-order valence-electron chi connectivity index (χ2n) is 6.92. The molecule has 7 nitrogen and oxygen atoms in total. The SMILES string of the molecule is O=C(CCN1C(=O)[C@H]2CCCC[C@@H]2C1=O)NNC(=S)NCc1ccccc1. The van der Waals surface area contributed by atoms with E-state index in [0.717, 1.165) is 31.2 Å². The second kappa shape index (κ2) is 8.94. The first-order chi connectivity index (χ1) is 13.1. The first-order valence-corrected chi connectivity index (χ1v) is 9.69. The minimum Gasteiger partial charge on any atom is -0.357 e. The molecule has 8 heteroatoms. The predicted octanol–water partition coefficient (Wildman–Crippen LogP) is 1.25. The Morgan fingerprint density at radius 1 is 1.04 bits per heavy atom. The molecule has 144 valence electrons. The van der Waals surface area contributed by atoms with E-state index in [1.54, 1.807) is 0 Å². The molecule has 0 aromatic heterocycles. The summed E-state index contributed by atoms with van der Waals surface area (Å²) in [4.78, 5) is 38.0. The summed E-state index contributed by atoms with van der Waals surface area (Å²) < 4.78 is 0. The first-order valence-electron chi connectivity index (χ1n) is 9.28. The highest BCUT2D eigenvalue weighted by Crippen LogP contribution is 2.37. The highest BCUT2D eigenvalue weighted by Gasteiger charge is 2.47. The standard InChI is InChI=1S/C19H24N4O3S/c24-16(21-22-19(27)20-12-13-6-2-1-3-7-13)10-11-23-17(25)14-8-4-5-9-15(14)18(23)26/h1-3,6-7,14-15H,4-5,8-12H2,(H,21,24)(H2,20,22,27)/t14-,15-/m0/s1. The molecule has 2 aliphatic rings. The molecule has 1 aromatic carbocycles. The van der Waals surface area contributed by atoms with Crippen LogP contribution in [0.25, 0.3) is 0 Å². The van der Waals surface area contributed by atoms with Gasteiger partial charge in [-0.05, 0) is 30.6 Å². The monoisotopic (exact) mass is 388 g/mol. The van der Waals surface area contributed by atoms with Crippen molar-refractivity contribution in [3.8, 4) is 0 Å². The van der Waals surface area contributed by atoms with Crippen molar-refractivity contribution in [1.29, 1.82) is 0 Å². The van der Waals surface area contributed by atoms with E-state index in [2.05, 4.69) is 16.2 Å². The Morgan fingerprint density at radius 2 is 1.67 bits per heavy atom. The predicted molar refractivity (Wildman–Crippen MR) is 104 cm³/mol. The molecule has 1 aliphatic carbocycles. The number of fused-ring (bicyclic) bond motifs is 1. The van der Waals surface area contributed by atoms with Gasteiger partial charge in [-0.15, -0.1) is 0 Å². The van der Waals surface area contributed by atoms with Crippen LogP contribution in [-0.4, -0.2) is 34.3 Å². The van der Waals surface area contributed by atoms with Gasteiger partial charge in [0.15, 0.2) is 5.11 Å². The van der Waals surface area contributed by atoms with Crippen molar-refractivity contribution in [1.82, 2.24) is 21.1 Å². The Morgan fingerprint density at radius 3 is 2.30 bits per heavy atom. The molecular formula is C19H24N4O3S. The molecule has 3 rings (SSSR count). The Balaban J connectivity index is 1.37. The molecule has 3 amide bonds. The van der Waals surface area contributed by atoms with Crippen LogP contribution < -0.4 is 16.2 Å². The average Bonchev–Trinajstić information content (AvgIpc) is 2.94. The van der Waals surface area contributed by atoms with Crippen molar-refractivity contribution in [3.05, 3.63) is 35.9 Å². The molecule has 3 N–H and O–H groups in total. The second-order valence-corrected chi connectivity index (χ2v) is 7.33. The van der Waals surface area contributed by atoms with Crippen LogP contribution in [0.5, 0.6) is 0 Å². The number of rotatable bonds is 5. The summed E-state index contributed by atoms with van der Waals surface area (Å²) in [6, 6.07) is 9.75. The van der Waals surface area contributed by atoms with Crippen LogP contribution in [0, 0.1) is 11.8 Å². The number of amides is 3. The summed E-state index contributed by atoms with van der Waals surface area (Å²) >= 11 is 5.11. The minimum atomic E-state index is -0.325. The van der Waals surface area contributed by atoms with Gasteiger partial charge >= 0.3 is 0 Å². The van der Waals surface area contributed by atoms with E-state index in [1.165, 1.54) is 4.90 Å². The molecule has 1 saturated carbocycles. The number of nitrogens with one attached hydrogen (secondary N) is 3.